The van der Waals surface area contributed by atoms with Gasteiger partial charge in [-0.15, -0.1) is 0 Å². The van der Waals surface area contributed by atoms with Gasteiger partial charge in [0, 0.05) is 41.6 Å². The zero-order valence-electron chi connectivity index (χ0n) is 13.2. The van der Waals surface area contributed by atoms with Crippen molar-refractivity contribution in [2.24, 2.45) is 0 Å². The second kappa shape index (κ2) is 5.89. The molecule has 1 aliphatic heterocycles. The van der Waals surface area contributed by atoms with Gasteiger partial charge >= 0.3 is 0 Å². The van der Waals surface area contributed by atoms with Crippen LogP contribution in [0.4, 0.5) is 0 Å². The van der Waals surface area contributed by atoms with Gasteiger partial charge in [-0.3, -0.25) is 14.5 Å². The number of carbonyl (C=O) groups is 2. The Morgan fingerprint density at radius 1 is 0.792 bits per heavy atom. The molecule has 0 spiro atoms. The molecule has 0 saturated carbocycles. The number of aryl methyl sites for hydroxylation is 1. The fraction of sp³-hybridized carbons (Fsp3) is 0.150. The van der Waals surface area contributed by atoms with E-state index in [4.69, 9.17) is 0 Å². The maximum atomic E-state index is 12.8. The predicted molar refractivity (Wildman–Crippen MR) is 90.6 cm³/mol. The first-order valence-corrected chi connectivity index (χ1v) is 8.08. The van der Waals surface area contributed by atoms with Crippen molar-refractivity contribution < 1.29 is 14.2 Å². The Labute approximate surface area is 140 Å². The molecular formula is C20H17N2O2+. The third kappa shape index (κ3) is 2.36. The molecule has 24 heavy (non-hydrogen) atoms. The second-order valence-electron chi connectivity index (χ2n) is 5.94. The van der Waals surface area contributed by atoms with Gasteiger partial charge in [-0.05, 0) is 17.5 Å². The molecule has 4 heteroatoms. The minimum absolute atomic E-state index is 0.192. The largest absolute Gasteiger partial charge is 0.274 e. The van der Waals surface area contributed by atoms with Gasteiger partial charge in [-0.2, -0.15) is 0 Å². The van der Waals surface area contributed by atoms with Crippen molar-refractivity contribution in [3.05, 3.63) is 78.1 Å². The first-order valence-electron chi connectivity index (χ1n) is 8.08. The summed E-state index contributed by atoms with van der Waals surface area (Å²) >= 11 is 0. The zero-order valence-corrected chi connectivity index (χ0v) is 13.2. The standard InChI is InChI=1S/C20H17N2O2/c23-19-16-9-4-7-15-8-5-10-17(18(15)16)20(24)22(19)14-6-13-21-11-2-1-3-12-21/h1-5,7-12H,6,13-14H2/q+1. The number of hydrogen-bond acceptors (Lipinski definition) is 2. The third-order valence-corrected chi connectivity index (χ3v) is 4.43. The lowest BCUT2D eigenvalue weighted by molar-refractivity contribution is -0.697. The van der Waals surface area contributed by atoms with Crippen LogP contribution in [0.5, 0.6) is 0 Å². The molecule has 3 aromatic rings. The van der Waals surface area contributed by atoms with E-state index < -0.39 is 0 Å². The van der Waals surface area contributed by atoms with Crippen molar-refractivity contribution in [1.82, 2.24) is 4.90 Å². The molecular weight excluding hydrogens is 300 g/mol. The number of rotatable bonds is 4. The molecule has 118 valence electrons. The maximum absolute atomic E-state index is 12.8. The van der Waals surface area contributed by atoms with E-state index in [-0.39, 0.29) is 11.8 Å². The van der Waals surface area contributed by atoms with Crippen LogP contribution in [0.2, 0.25) is 0 Å². The lowest BCUT2D eigenvalue weighted by atomic mass is 9.94. The topological polar surface area (TPSA) is 41.3 Å². The summed E-state index contributed by atoms with van der Waals surface area (Å²) in [5, 5.41) is 1.72. The first kappa shape index (κ1) is 14.6. The van der Waals surface area contributed by atoms with E-state index in [1.165, 1.54) is 4.90 Å². The van der Waals surface area contributed by atoms with Gasteiger partial charge in [0.1, 0.15) is 6.54 Å². The van der Waals surface area contributed by atoms with Crippen LogP contribution in [0.3, 0.4) is 0 Å². The molecule has 0 N–H and O–H groups in total. The molecule has 2 amide bonds. The lowest BCUT2D eigenvalue weighted by Crippen LogP contribution is -2.42. The molecule has 0 aliphatic carbocycles. The van der Waals surface area contributed by atoms with Crippen LogP contribution in [0.1, 0.15) is 27.1 Å². The molecule has 4 nitrogen and oxygen atoms in total. The first-order chi connectivity index (χ1) is 11.8. The Morgan fingerprint density at radius 2 is 1.42 bits per heavy atom. The molecule has 4 rings (SSSR count). The second-order valence-corrected chi connectivity index (χ2v) is 5.94. The van der Waals surface area contributed by atoms with Crippen LogP contribution in [0.25, 0.3) is 10.8 Å². The summed E-state index contributed by atoms with van der Waals surface area (Å²) in [6.45, 7) is 1.19. The SMILES string of the molecule is O=C1c2cccc3cccc(c23)C(=O)N1CCC[n+]1ccccc1. The summed E-state index contributed by atoms with van der Waals surface area (Å²) in [7, 11) is 0. The Bertz CT molecular complexity index is 884. The highest BCUT2D eigenvalue weighted by molar-refractivity contribution is 6.25. The van der Waals surface area contributed by atoms with Gasteiger partial charge in [0.25, 0.3) is 11.8 Å². The van der Waals surface area contributed by atoms with Crippen LogP contribution in [-0.4, -0.2) is 23.3 Å². The molecule has 2 heterocycles. The van der Waals surface area contributed by atoms with Crippen molar-refractivity contribution in [2.75, 3.05) is 6.54 Å². The number of carbonyl (C=O) groups excluding carboxylic acids is 2. The number of amides is 2. The smallest absolute Gasteiger partial charge is 0.261 e. The molecule has 1 aliphatic rings. The van der Waals surface area contributed by atoms with Crippen molar-refractivity contribution in [3.8, 4) is 0 Å². The Balaban J connectivity index is 1.60. The van der Waals surface area contributed by atoms with E-state index in [2.05, 4.69) is 0 Å². The summed E-state index contributed by atoms with van der Waals surface area (Å²) < 4.78 is 2.05. The Morgan fingerprint density at radius 3 is 2.04 bits per heavy atom. The molecule has 0 radical (unpaired) electrons. The third-order valence-electron chi connectivity index (χ3n) is 4.43. The van der Waals surface area contributed by atoms with Crippen molar-refractivity contribution >= 4 is 22.6 Å². The van der Waals surface area contributed by atoms with Gasteiger partial charge in [0.05, 0.1) is 0 Å². The fourth-order valence-corrected chi connectivity index (χ4v) is 3.28. The van der Waals surface area contributed by atoms with Gasteiger partial charge in [0.15, 0.2) is 12.4 Å². The molecule has 0 atom stereocenters. The van der Waals surface area contributed by atoms with Crippen molar-refractivity contribution in [2.45, 2.75) is 13.0 Å². The summed E-state index contributed by atoms with van der Waals surface area (Å²) in [4.78, 5) is 26.9. The number of nitrogens with zero attached hydrogens (tertiary/aromatic N) is 2. The highest BCUT2D eigenvalue weighted by Crippen LogP contribution is 2.29. The van der Waals surface area contributed by atoms with Crippen molar-refractivity contribution in [1.29, 1.82) is 0 Å². The van der Waals surface area contributed by atoms with Crippen LogP contribution < -0.4 is 4.57 Å². The van der Waals surface area contributed by atoms with Crippen LogP contribution in [-0.2, 0) is 6.54 Å². The van der Waals surface area contributed by atoms with Gasteiger partial charge in [-0.1, -0.05) is 30.3 Å². The highest BCUT2D eigenvalue weighted by Gasteiger charge is 2.32. The van der Waals surface area contributed by atoms with Gasteiger partial charge < -0.3 is 0 Å². The molecule has 0 bridgehead atoms. The van der Waals surface area contributed by atoms with Crippen LogP contribution in [0, 0.1) is 0 Å². The molecule has 2 aromatic carbocycles. The maximum Gasteiger partial charge on any atom is 0.261 e. The van der Waals surface area contributed by atoms with Crippen molar-refractivity contribution in [3.63, 3.8) is 0 Å². The van der Waals surface area contributed by atoms with E-state index in [1.807, 2.05) is 59.4 Å². The number of benzene rings is 2. The molecule has 1 aromatic heterocycles. The zero-order chi connectivity index (χ0) is 16.5. The van der Waals surface area contributed by atoms with E-state index in [9.17, 15) is 9.59 Å². The molecule has 0 unspecified atom stereocenters. The van der Waals surface area contributed by atoms with Crippen LogP contribution in [0.15, 0.2) is 67.0 Å². The van der Waals surface area contributed by atoms with E-state index in [0.717, 1.165) is 23.7 Å². The lowest BCUT2D eigenvalue weighted by Gasteiger charge is -2.26. The van der Waals surface area contributed by atoms with Crippen LogP contribution >= 0.6 is 0 Å². The van der Waals surface area contributed by atoms with E-state index in [0.29, 0.717) is 17.7 Å². The van der Waals surface area contributed by atoms with E-state index >= 15 is 0 Å². The number of imide groups is 1. The summed E-state index contributed by atoms with van der Waals surface area (Å²) in [5.74, 6) is -0.385. The average molecular weight is 317 g/mol. The fourth-order valence-electron chi connectivity index (χ4n) is 3.28. The van der Waals surface area contributed by atoms with Gasteiger partial charge in [-0.25, -0.2) is 4.57 Å². The quantitative estimate of drug-likeness (QED) is 0.548. The summed E-state index contributed by atoms with van der Waals surface area (Å²) in [6.07, 6.45) is 4.69. The number of aromatic nitrogens is 1. The Kier molecular flexibility index (Phi) is 3.58. The minimum atomic E-state index is -0.192. The van der Waals surface area contributed by atoms with E-state index in [1.54, 1.807) is 12.1 Å². The minimum Gasteiger partial charge on any atom is -0.274 e. The monoisotopic (exact) mass is 317 g/mol. The summed E-state index contributed by atoms with van der Waals surface area (Å²) in [6, 6.07) is 17.1. The summed E-state index contributed by atoms with van der Waals surface area (Å²) in [5.41, 5.74) is 1.24. The predicted octanol–water partition coefficient (Wildman–Crippen LogP) is 2.81. The molecule has 0 saturated heterocycles. The highest BCUT2D eigenvalue weighted by atomic mass is 16.2. The Hall–Kier alpha value is -3.01. The average Bonchev–Trinajstić information content (AvgIpc) is 2.63. The number of hydrogen-bond donors (Lipinski definition) is 0. The van der Waals surface area contributed by atoms with Gasteiger partial charge in [0.2, 0.25) is 0 Å². The normalized spacial score (nSPS) is 13.6. The number of pyridine rings is 1. The molecule has 0 fully saturated rings.